The Kier molecular flexibility index (Phi) is 7.50. The van der Waals surface area contributed by atoms with Crippen molar-refractivity contribution in [2.24, 2.45) is 0 Å². The number of carbonyl (C=O) groups excluding carboxylic acids is 2. The van der Waals surface area contributed by atoms with Gasteiger partial charge in [0.15, 0.2) is 0 Å². The maximum atomic E-state index is 12.9. The molecule has 0 radical (unpaired) electrons. The molecule has 1 aliphatic heterocycles. The number of nitrogens with one attached hydrogen (secondary N) is 1. The molecule has 0 bridgehead atoms. The van der Waals surface area contributed by atoms with E-state index in [2.05, 4.69) is 29.6 Å². The maximum Gasteiger partial charge on any atom is 0.407 e. The molecule has 2 aromatic rings. The molecule has 1 unspecified atom stereocenters. The number of benzene rings is 2. The normalized spacial score (nSPS) is 18.0. The van der Waals surface area contributed by atoms with Crippen LogP contribution in [0.2, 0.25) is 0 Å². The molecule has 34 heavy (non-hydrogen) atoms. The zero-order valence-corrected chi connectivity index (χ0v) is 19.5. The molecule has 180 valence electrons. The number of likely N-dealkylation sites (tertiary alicyclic amines) is 1. The van der Waals surface area contributed by atoms with E-state index in [1.807, 2.05) is 24.3 Å². The third-order valence-electron chi connectivity index (χ3n) is 6.83. The van der Waals surface area contributed by atoms with Crippen LogP contribution < -0.4 is 5.32 Å². The second-order valence-electron chi connectivity index (χ2n) is 9.24. The fourth-order valence-electron chi connectivity index (χ4n) is 5.19. The topological polar surface area (TPSA) is 95.9 Å². The number of carboxylic acids is 1. The molecular formula is C27H32N2O5. The van der Waals surface area contributed by atoms with E-state index < -0.39 is 12.1 Å². The van der Waals surface area contributed by atoms with Crippen LogP contribution in [0.15, 0.2) is 48.5 Å². The third-order valence-corrected chi connectivity index (χ3v) is 6.83. The van der Waals surface area contributed by atoms with Crippen LogP contribution in [-0.2, 0) is 14.3 Å². The molecule has 7 nitrogen and oxygen atoms in total. The summed E-state index contributed by atoms with van der Waals surface area (Å²) in [6.07, 6.45) is 2.90. The summed E-state index contributed by atoms with van der Waals surface area (Å²) in [6, 6.07) is 15.9. The van der Waals surface area contributed by atoms with Gasteiger partial charge in [-0.3, -0.25) is 9.59 Å². The first kappa shape index (κ1) is 23.8. The zero-order chi connectivity index (χ0) is 24.1. The minimum absolute atomic E-state index is 0.0153. The van der Waals surface area contributed by atoms with Gasteiger partial charge in [0.05, 0.1) is 0 Å². The van der Waals surface area contributed by atoms with E-state index in [1.54, 1.807) is 11.8 Å². The van der Waals surface area contributed by atoms with Crippen LogP contribution in [0.3, 0.4) is 0 Å². The van der Waals surface area contributed by atoms with Crippen molar-refractivity contribution in [1.82, 2.24) is 10.2 Å². The minimum atomic E-state index is -0.844. The summed E-state index contributed by atoms with van der Waals surface area (Å²) in [5.74, 6) is -0.914. The lowest BCUT2D eigenvalue weighted by Crippen LogP contribution is -2.46. The number of amides is 2. The van der Waals surface area contributed by atoms with Crippen molar-refractivity contribution in [3.05, 3.63) is 59.7 Å². The number of nitrogens with zero attached hydrogens (tertiary/aromatic N) is 1. The number of ether oxygens (including phenoxy) is 1. The van der Waals surface area contributed by atoms with E-state index in [9.17, 15) is 14.4 Å². The predicted octanol–water partition coefficient (Wildman–Crippen LogP) is 4.55. The highest BCUT2D eigenvalue weighted by Crippen LogP contribution is 2.44. The van der Waals surface area contributed by atoms with Gasteiger partial charge >= 0.3 is 12.1 Å². The van der Waals surface area contributed by atoms with Gasteiger partial charge in [0.1, 0.15) is 6.61 Å². The number of alkyl carbamates (subject to hydrolysis) is 1. The maximum absolute atomic E-state index is 12.9. The molecule has 0 spiro atoms. The summed E-state index contributed by atoms with van der Waals surface area (Å²) < 4.78 is 5.58. The Morgan fingerprint density at radius 2 is 1.71 bits per heavy atom. The van der Waals surface area contributed by atoms with E-state index in [1.165, 1.54) is 11.1 Å². The largest absolute Gasteiger partial charge is 0.481 e. The fourth-order valence-corrected chi connectivity index (χ4v) is 5.19. The van der Waals surface area contributed by atoms with Crippen molar-refractivity contribution in [2.75, 3.05) is 13.2 Å². The molecule has 0 aromatic heterocycles. The molecule has 2 amide bonds. The fraction of sp³-hybridized carbons (Fsp3) is 0.444. The van der Waals surface area contributed by atoms with Gasteiger partial charge in [0.25, 0.3) is 0 Å². The second kappa shape index (κ2) is 10.7. The summed E-state index contributed by atoms with van der Waals surface area (Å²) in [5.41, 5.74) is 4.64. The van der Waals surface area contributed by atoms with Gasteiger partial charge in [0, 0.05) is 37.4 Å². The quantitative estimate of drug-likeness (QED) is 0.598. The molecule has 2 N–H and O–H groups in total. The van der Waals surface area contributed by atoms with Gasteiger partial charge in [-0.2, -0.15) is 0 Å². The Hall–Kier alpha value is -3.35. The molecule has 4 rings (SSSR count). The van der Waals surface area contributed by atoms with Crippen molar-refractivity contribution < 1.29 is 24.2 Å². The van der Waals surface area contributed by atoms with Crippen molar-refractivity contribution in [3.8, 4) is 11.1 Å². The molecule has 0 saturated carbocycles. The number of rotatable bonds is 8. The Morgan fingerprint density at radius 1 is 1.06 bits per heavy atom. The highest BCUT2D eigenvalue weighted by molar-refractivity contribution is 5.80. The molecule has 2 atom stereocenters. The highest BCUT2D eigenvalue weighted by atomic mass is 16.5. The third kappa shape index (κ3) is 5.41. The average Bonchev–Trinajstić information content (AvgIpc) is 3.15. The molecule has 7 heteroatoms. The van der Waals surface area contributed by atoms with E-state index in [4.69, 9.17) is 9.84 Å². The molecule has 2 aliphatic rings. The Bertz CT molecular complexity index is 1010. The van der Waals surface area contributed by atoms with Crippen LogP contribution in [0.1, 0.15) is 62.5 Å². The Balaban J connectivity index is 1.30. The number of carbonyl (C=O) groups is 3. The zero-order valence-electron chi connectivity index (χ0n) is 19.5. The van der Waals surface area contributed by atoms with Gasteiger partial charge in [-0.05, 0) is 54.9 Å². The van der Waals surface area contributed by atoms with Gasteiger partial charge in [-0.1, -0.05) is 48.5 Å². The number of aliphatic carboxylic acids is 1. The molecule has 1 heterocycles. The van der Waals surface area contributed by atoms with Crippen LogP contribution >= 0.6 is 0 Å². The van der Waals surface area contributed by atoms with Crippen LogP contribution in [0.5, 0.6) is 0 Å². The lowest BCUT2D eigenvalue weighted by molar-refractivity contribution is -0.140. The Morgan fingerprint density at radius 3 is 2.35 bits per heavy atom. The smallest absolute Gasteiger partial charge is 0.407 e. The van der Waals surface area contributed by atoms with Crippen molar-refractivity contribution in [3.63, 3.8) is 0 Å². The molecule has 1 aliphatic carbocycles. The van der Waals surface area contributed by atoms with E-state index in [-0.39, 0.29) is 43.4 Å². The van der Waals surface area contributed by atoms with Crippen LogP contribution in [0.25, 0.3) is 11.1 Å². The number of fused-ring (bicyclic) bond motifs is 3. The van der Waals surface area contributed by atoms with Crippen molar-refractivity contribution in [2.45, 2.75) is 63.5 Å². The van der Waals surface area contributed by atoms with Crippen LogP contribution in [0, 0.1) is 0 Å². The summed E-state index contributed by atoms with van der Waals surface area (Å²) >= 11 is 0. The number of hydrogen-bond donors (Lipinski definition) is 2. The first-order chi connectivity index (χ1) is 16.4. The van der Waals surface area contributed by atoms with E-state index in [0.29, 0.717) is 13.0 Å². The van der Waals surface area contributed by atoms with Gasteiger partial charge < -0.3 is 20.1 Å². The number of piperidine rings is 1. The first-order valence-corrected chi connectivity index (χ1v) is 12.1. The SMILES string of the molecule is C[C@H](CC(=O)N1CCCCC1CCC(=O)O)NC(=O)OCC1c2ccccc2-c2ccccc21. The lowest BCUT2D eigenvalue weighted by atomic mass is 9.97. The van der Waals surface area contributed by atoms with Gasteiger partial charge in [-0.25, -0.2) is 4.79 Å². The van der Waals surface area contributed by atoms with Gasteiger partial charge in [0.2, 0.25) is 5.91 Å². The highest BCUT2D eigenvalue weighted by Gasteiger charge is 2.30. The molecular weight excluding hydrogens is 432 g/mol. The number of hydrogen-bond acceptors (Lipinski definition) is 4. The lowest BCUT2D eigenvalue weighted by Gasteiger charge is -2.36. The first-order valence-electron chi connectivity index (χ1n) is 12.1. The summed E-state index contributed by atoms with van der Waals surface area (Å²) in [7, 11) is 0. The average molecular weight is 465 g/mol. The van der Waals surface area contributed by atoms with Crippen LogP contribution in [-0.4, -0.2) is 53.2 Å². The summed E-state index contributed by atoms with van der Waals surface area (Å²) in [4.78, 5) is 38.1. The van der Waals surface area contributed by atoms with Crippen molar-refractivity contribution in [1.29, 1.82) is 0 Å². The van der Waals surface area contributed by atoms with E-state index >= 15 is 0 Å². The second-order valence-corrected chi connectivity index (χ2v) is 9.24. The standard InChI is InChI=1S/C27H32N2O5/c1-18(16-25(30)29-15-7-6-8-19(29)13-14-26(31)32)28-27(33)34-17-24-22-11-4-2-9-20(22)21-10-3-5-12-23(21)24/h2-5,9-12,18-19,24H,6-8,13-17H2,1H3,(H,28,33)(H,31,32)/t18-,19?/m1/s1. The summed E-state index contributed by atoms with van der Waals surface area (Å²) in [6.45, 7) is 2.65. The summed E-state index contributed by atoms with van der Waals surface area (Å²) in [5, 5.41) is 11.8. The number of carboxylic acid groups (broad SMARTS) is 1. The van der Waals surface area contributed by atoms with Crippen LogP contribution in [0.4, 0.5) is 4.79 Å². The predicted molar refractivity (Wildman–Crippen MR) is 129 cm³/mol. The van der Waals surface area contributed by atoms with Gasteiger partial charge in [-0.15, -0.1) is 0 Å². The molecule has 1 saturated heterocycles. The Labute approximate surface area is 200 Å². The van der Waals surface area contributed by atoms with Crippen molar-refractivity contribution >= 4 is 18.0 Å². The van der Waals surface area contributed by atoms with E-state index in [0.717, 1.165) is 30.4 Å². The minimum Gasteiger partial charge on any atom is -0.481 e. The molecule has 1 fully saturated rings. The monoisotopic (exact) mass is 464 g/mol. The molecule has 2 aromatic carbocycles.